The quantitative estimate of drug-likeness (QED) is 0.172. The van der Waals surface area contributed by atoms with Gasteiger partial charge in [0.2, 0.25) is 0 Å². The van der Waals surface area contributed by atoms with E-state index in [1.54, 1.807) is 0 Å². The normalized spacial score (nSPS) is 11.6. The van der Waals surface area contributed by atoms with Gasteiger partial charge in [-0.3, -0.25) is 0 Å². The molecule has 0 fully saturated rings. The number of hydrogen-bond donors (Lipinski definition) is 0. The van der Waals surface area contributed by atoms with Crippen molar-refractivity contribution in [2.24, 2.45) is 0 Å². The van der Waals surface area contributed by atoms with Crippen LogP contribution in [-0.2, 0) is 0 Å². The Hall–Kier alpha value is -7.63. The van der Waals surface area contributed by atoms with E-state index in [2.05, 4.69) is 120 Å². The number of aromatic nitrogens is 4. The topological polar surface area (TPSA) is 56.7 Å². The molecule has 8 aromatic carbocycles. The smallest absolute Gasteiger partial charge is 0.164 e. The minimum absolute atomic E-state index is 0.615. The van der Waals surface area contributed by atoms with Crippen LogP contribution in [0.15, 0.2) is 199 Å². The van der Waals surface area contributed by atoms with E-state index >= 15 is 0 Å². The molecular weight excluding hydrogens is 685 g/mol. The maximum Gasteiger partial charge on any atom is 0.164 e. The van der Waals surface area contributed by atoms with Gasteiger partial charge in [0.1, 0.15) is 11.2 Å². The van der Waals surface area contributed by atoms with Gasteiger partial charge < -0.3 is 8.98 Å². The van der Waals surface area contributed by atoms with Crippen LogP contribution in [0.25, 0.3) is 106 Å². The largest absolute Gasteiger partial charge is 0.456 e. The first kappa shape index (κ1) is 31.9. The van der Waals surface area contributed by atoms with Gasteiger partial charge in [0, 0.05) is 38.5 Å². The molecule has 0 amide bonds. The standard InChI is InChI=1S/C51H32N4O/c1-4-15-33(16-5-1)37-29-38(31-39(30-37)51-53-49(34-17-6-2-7-18-34)52-50(54-51)35-19-8-3-9-20-35)36-21-14-22-40(32-36)55-44-25-12-10-23-41(44)42-27-28-46-47(48(42)55)43-24-11-13-26-45(43)56-46/h1-32H. The average Bonchev–Trinajstić information content (AvgIpc) is 3.83. The van der Waals surface area contributed by atoms with E-state index in [9.17, 15) is 0 Å². The number of para-hydroxylation sites is 2. The molecule has 0 radical (unpaired) electrons. The van der Waals surface area contributed by atoms with Gasteiger partial charge in [0.05, 0.1) is 16.4 Å². The van der Waals surface area contributed by atoms with Crippen molar-refractivity contribution in [3.63, 3.8) is 0 Å². The fourth-order valence-corrected chi connectivity index (χ4v) is 8.02. The van der Waals surface area contributed by atoms with Crippen molar-refractivity contribution >= 4 is 43.7 Å². The lowest BCUT2D eigenvalue weighted by molar-refractivity contribution is 0.669. The highest BCUT2D eigenvalue weighted by Gasteiger charge is 2.20. The van der Waals surface area contributed by atoms with Crippen molar-refractivity contribution in [1.29, 1.82) is 0 Å². The Morgan fingerprint density at radius 1 is 0.339 bits per heavy atom. The number of fused-ring (bicyclic) bond motifs is 7. The first-order chi connectivity index (χ1) is 27.7. The van der Waals surface area contributed by atoms with Gasteiger partial charge in [-0.05, 0) is 76.9 Å². The van der Waals surface area contributed by atoms with Crippen LogP contribution in [0.3, 0.4) is 0 Å². The van der Waals surface area contributed by atoms with Crippen molar-refractivity contribution < 1.29 is 4.42 Å². The highest BCUT2D eigenvalue weighted by Crippen LogP contribution is 2.41. The fourth-order valence-electron chi connectivity index (χ4n) is 8.02. The molecule has 0 aliphatic rings. The molecule has 0 aliphatic carbocycles. The van der Waals surface area contributed by atoms with Crippen molar-refractivity contribution in [1.82, 2.24) is 19.5 Å². The highest BCUT2D eigenvalue weighted by molar-refractivity contribution is 6.24. The van der Waals surface area contributed by atoms with E-state index in [4.69, 9.17) is 19.4 Å². The van der Waals surface area contributed by atoms with Gasteiger partial charge >= 0.3 is 0 Å². The second-order valence-corrected chi connectivity index (χ2v) is 14.0. The van der Waals surface area contributed by atoms with Gasteiger partial charge in [0.25, 0.3) is 0 Å². The highest BCUT2D eigenvalue weighted by atomic mass is 16.3. The predicted octanol–water partition coefficient (Wildman–Crippen LogP) is 13.2. The number of benzene rings is 8. The van der Waals surface area contributed by atoms with E-state index < -0.39 is 0 Å². The van der Waals surface area contributed by atoms with Gasteiger partial charge in [-0.2, -0.15) is 0 Å². The third kappa shape index (κ3) is 5.37. The van der Waals surface area contributed by atoms with Crippen molar-refractivity contribution in [3.8, 4) is 62.1 Å². The lowest BCUT2D eigenvalue weighted by Crippen LogP contribution is -2.00. The lowest BCUT2D eigenvalue weighted by Gasteiger charge is -2.14. The number of nitrogens with zero attached hydrogens (tertiary/aromatic N) is 4. The third-order valence-electron chi connectivity index (χ3n) is 10.6. The maximum absolute atomic E-state index is 6.39. The molecule has 56 heavy (non-hydrogen) atoms. The number of rotatable bonds is 6. The first-order valence-corrected chi connectivity index (χ1v) is 18.8. The van der Waals surface area contributed by atoms with Crippen molar-refractivity contribution in [3.05, 3.63) is 194 Å². The van der Waals surface area contributed by atoms with Crippen LogP contribution >= 0.6 is 0 Å². The molecule has 262 valence electrons. The zero-order chi connectivity index (χ0) is 37.0. The first-order valence-electron chi connectivity index (χ1n) is 18.8. The summed E-state index contributed by atoms with van der Waals surface area (Å²) in [4.78, 5) is 15.2. The summed E-state index contributed by atoms with van der Waals surface area (Å²) >= 11 is 0. The summed E-state index contributed by atoms with van der Waals surface area (Å²) in [5, 5.41) is 4.62. The van der Waals surface area contributed by atoms with Crippen molar-refractivity contribution in [2.75, 3.05) is 0 Å². The monoisotopic (exact) mass is 716 g/mol. The zero-order valence-corrected chi connectivity index (χ0v) is 30.2. The minimum atomic E-state index is 0.615. The minimum Gasteiger partial charge on any atom is -0.456 e. The summed E-state index contributed by atoms with van der Waals surface area (Å²) in [7, 11) is 0. The Balaban J connectivity index is 1.14. The lowest BCUT2D eigenvalue weighted by atomic mass is 9.95. The van der Waals surface area contributed by atoms with E-state index in [1.807, 2.05) is 78.9 Å². The molecule has 11 rings (SSSR count). The van der Waals surface area contributed by atoms with Crippen LogP contribution in [0.4, 0.5) is 0 Å². The van der Waals surface area contributed by atoms with Gasteiger partial charge in [0.15, 0.2) is 17.5 Å². The molecule has 0 aliphatic heterocycles. The Bertz CT molecular complexity index is 3180. The average molecular weight is 717 g/mol. The number of hydrogen-bond acceptors (Lipinski definition) is 4. The maximum atomic E-state index is 6.39. The molecule has 5 heteroatoms. The van der Waals surface area contributed by atoms with E-state index in [0.717, 1.165) is 77.6 Å². The summed E-state index contributed by atoms with van der Waals surface area (Å²) in [6, 6.07) is 67.5. The summed E-state index contributed by atoms with van der Waals surface area (Å²) < 4.78 is 8.79. The van der Waals surface area contributed by atoms with Crippen LogP contribution in [0.2, 0.25) is 0 Å². The molecular formula is C51H32N4O. The summed E-state index contributed by atoms with van der Waals surface area (Å²) in [5.41, 5.74) is 12.2. The van der Waals surface area contributed by atoms with Crippen LogP contribution in [-0.4, -0.2) is 19.5 Å². The molecule has 0 N–H and O–H groups in total. The molecule has 0 bridgehead atoms. The van der Waals surface area contributed by atoms with Crippen LogP contribution in [0, 0.1) is 0 Å². The van der Waals surface area contributed by atoms with Crippen LogP contribution in [0.1, 0.15) is 0 Å². The molecule has 0 saturated heterocycles. The molecule has 5 nitrogen and oxygen atoms in total. The molecule has 0 spiro atoms. The summed E-state index contributed by atoms with van der Waals surface area (Å²) in [6.45, 7) is 0. The Kier molecular flexibility index (Phi) is 7.42. The van der Waals surface area contributed by atoms with E-state index in [-0.39, 0.29) is 0 Å². The second-order valence-electron chi connectivity index (χ2n) is 14.0. The van der Waals surface area contributed by atoms with E-state index in [0.29, 0.717) is 17.5 Å². The van der Waals surface area contributed by atoms with Crippen molar-refractivity contribution in [2.45, 2.75) is 0 Å². The van der Waals surface area contributed by atoms with Gasteiger partial charge in [-0.15, -0.1) is 0 Å². The molecule has 0 saturated carbocycles. The molecule has 11 aromatic rings. The Labute approximate surface area is 322 Å². The third-order valence-corrected chi connectivity index (χ3v) is 10.6. The van der Waals surface area contributed by atoms with Gasteiger partial charge in [-0.25, -0.2) is 15.0 Å². The van der Waals surface area contributed by atoms with Crippen LogP contribution in [0.5, 0.6) is 0 Å². The Morgan fingerprint density at radius 3 is 1.57 bits per heavy atom. The zero-order valence-electron chi connectivity index (χ0n) is 30.2. The number of furan rings is 1. The van der Waals surface area contributed by atoms with Gasteiger partial charge in [-0.1, -0.05) is 140 Å². The van der Waals surface area contributed by atoms with E-state index in [1.165, 1.54) is 10.8 Å². The fraction of sp³-hybridized carbons (Fsp3) is 0. The molecule has 3 heterocycles. The summed E-state index contributed by atoms with van der Waals surface area (Å²) in [6.07, 6.45) is 0. The second kappa shape index (κ2) is 13.0. The molecule has 0 atom stereocenters. The predicted molar refractivity (Wildman–Crippen MR) is 229 cm³/mol. The van der Waals surface area contributed by atoms with Crippen LogP contribution < -0.4 is 0 Å². The molecule has 3 aromatic heterocycles. The summed E-state index contributed by atoms with van der Waals surface area (Å²) in [5.74, 6) is 1.88. The molecule has 0 unspecified atom stereocenters. The Morgan fingerprint density at radius 2 is 0.875 bits per heavy atom. The SMILES string of the molecule is c1ccc(-c2cc(-c3cccc(-n4c5ccccc5c5ccc6oc7ccccc7c6c54)c3)cc(-c3nc(-c4ccccc4)nc(-c4ccccc4)n3)c2)cc1.